The van der Waals surface area contributed by atoms with Gasteiger partial charge >= 0.3 is 0 Å². The van der Waals surface area contributed by atoms with Crippen molar-refractivity contribution in [2.75, 3.05) is 35.7 Å². The maximum atomic E-state index is 12.4. The van der Waals surface area contributed by atoms with Gasteiger partial charge in [0.15, 0.2) is 0 Å². The van der Waals surface area contributed by atoms with Crippen LogP contribution in [0, 0.1) is 5.92 Å². The van der Waals surface area contributed by atoms with Crippen LogP contribution in [0.1, 0.15) is 32.6 Å². The Labute approximate surface area is 192 Å². The van der Waals surface area contributed by atoms with Gasteiger partial charge in [0.25, 0.3) is 0 Å². The number of nitrogens with zero attached hydrogens (tertiary/aromatic N) is 3. The van der Waals surface area contributed by atoms with Crippen molar-refractivity contribution in [2.45, 2.75) is 43.7 Å². The predicted octanol–water partition coefficient (Wildman–Crippen LogP) is 3.10. The SMILES string of the molecule is CCOc1ccccc1NC(=O)CSc1cc(N2CCC(C(=O)NC3CC3)CC2)ncn1. The monoisotopic (exact) mass is 455 g/mol. The number of rotatable bonds is 9. The van der Waals surface area contributed by atoms with Crippen molar-refractivity contribution in [3.05, 3.63) is 36.7 Å². The van der Waals surface area contributed by atoms with E-state index in [4.69, 9.17) is 4.74 Å². The van der Waals surface area contributed by atoms with Crippen LogP contribution in [0.15, 0.2) is 41.7 Å². The van der Waals surface area contributed by atoms with Crippen molar-refractivity contribution in [3.8, 4) is 5.75 Å². The summed E-state index contributed by atoms with van der Waals surface area (Å²) in [5.74, 6) is 1.90. The van der Waals surface area contributed by atoms with Gasteiger partial charge in [-0.2, -0.15) is 0 Å². The highest BCUT2D eigenvalue weighted by molar-refractivity contribution is 7.99. The molecule has 2 amide bonds. The number of ether oxygens (including phenoxy) is 1. The Balaban J connectivity index is 1.27. The summed E-state index contributed by atoms with van der Waals surface area (Å²) in [6, 6.07) is 9.72. The van der Waals surface area contributed by atoms with Crippen molar-refractivity contribution < 1.29 is 14.3 Å². The summed E-state index contributed by atoms with van der Waals surface area (Å²) in [5, 5.41) is 6.76. The number of carbonyl (C=O) groups excluding carboxylic acids is 2. The van der Waals surface area contributed by atoms with E-state index in [2.05, 4.69) is 25.5 Å². The summed E-state index contributed by atoms with van der Waals surface area (Å²) >= 11 is 1.37. The number of thioether (sulfide) groups is 1. The van der Waals surface area contributed by atoms with E-state index in [1.807, 2.05) is 37.3 Å². The number of hydrogen-bond donors (Lipinski definition) is 2. The normalized spacial score (nSPS) is 16.5. The molecule has 32 heavy (non-hydrogen) atoms. The third-order valence-corrected chi connectivity index (χ3v) is 6.48. The number of carbonyl (C=O) groups is 2. The van der Waals surface area contributed by atoms with Gasteiger partial charge in [-0.05, 0) is 44.7 Å². The molecule has 2 N–H and O–H groups in total. The summed E-state index contributed by atoms with van der Waals surface area (Å²) < 4.78 is 5.55. The Bertz CT molecular complexity index is 945. The Morgan fingerprint density at radius 1 is 1.16 bits per heavy atom. The van der Waals surface area contributed by atoms with E-state index >= 15 is 0 Å². The van der Waals surface area contributed by atoms with E-state index in [-0.39, 0.29) is 23.5 Å². The van der Waals surface area contributed by atoms with Crippen molar-refractivity contribution in [2.24, 2.45) is 5.92 Å². The summed E-state index contributed by atoms with van der Waals surface area (Å²) in [7, 11) is 0. The highest BCUT2D eigenvalue weighted by atomic mass is 32.2. The van der Waals surface area contributed by atoms with Crippen LogP contribution in [0.4, 0.5) is 11.5 Å². The molecular formula is C23H29N5O3S. The van der Waals surface area contributed by atoms with Crippen LogP contribution < -0.4 is 20.3 Å². The summed E-state index contributed by atoms with van der Waals surface area (Å²) in [4.78, 5) is 35.6. The molecule has 8 nitrogen and oxygen atoms in total. The molecule has 0 radical (unpaired) electrons. The van der Waals surface area contributed by atoms with E-state index in [0.29, 0.717) is 24.1 Å². The molecule has 170 valence electrons. The second kappa shape index (κ2) is 10.7. The molecule has 0 atom stereocenters. The molecule has 1 aromatic carbocycles. The average molecular weight is 456 g/mol. The van der Waals surface area contributed by atoms with Crippen LogP contribution in [0.5, 0.6) is 5.75 Å². The molecule has 1 aromatic heterocycles. The minimum absolute atomic E-state index is 0.0887. The topological polar surface area (TPSA) is 96.5 Å². The number of para-hydroxylation sites is 2. The molecule has 2 fully saturated rings. The predicted molar refractivity (Wildman–Crippen MR) is 125 cm³/mol. The summed E-state index contributed by atoms with van der Waals surface area (Å²) in [6.45, 7) is 4.03. The largest absolute Gasteiger partial charge is 0.492 e. The second-order valence-corrected chi connectivity index (χ2v) is 9.02. The zero-order valence-electron chi connectivity index (χ0n) is 18.3. The average Bonchev–Trinajstić information content (AvgIpc) is 3.63. The lowest BCUT2D eigenvalue weighted by atomic mass is 9.96. The lowest BCUT2D eigenvalue weighted by molar-refractivity contribution is -0.125. The Morgan fingerprint density at radius 2 is 1.94 bits per heavy atom. The zero-order chi connectivity index (χ0) is 22.3. The Kier molecular flexibility index (Phi) is 7.47. The lowest BCUT2D eigenvalue weighted by Crippen LogP contribution is -2.41. The summed E-state index contributed by atoms with van der Waals surface area (Å²) in [6.07, 6.45) is 5.41. The van der Waals surface area contributed by atoms with Crippen molar-refractivity contribution >= 4 is 35.1 Å². The Morgan fingerprint density at radius 3 is 2.69 bits per heavy atom. The molecule has 2 aliphatic rings. The standard InChI is InChI=1S/C23H29N5O3S/c1-2-31-19-6-4-3-5-18(19)27-21(29)14-32-22-13-20(24-15-25-22)28-11-9-16(10-12-28)23(30)26-17-7-8-17/h3-6,13,15-17H,2,7-12,14H2,1H3,(H,26,30)(H,27,29). The minimum Gasteiger partial charge on any atom is -0.492 e. The lowest BCUT2D eigenvalue weighted by Gasteiger charge is -2.32. The maximum Gasteiger partial charge on any atom is 0.234 e. The van der Waals surface area contributed by atoms with E-state index in [1.165, 1.54) is 18.1 Å². The first-order valence-corrected chi connectivity index (χ1v) is 12.1. The fourth-order valence-electron chi connectivity index (χ4n) is 3.68. The molecule has 2 aromatic rings. The molecule has 1 saturated carbocycles. The number of anilines is 2. The van der Waals surface area contributed by atoms with Crippen LogP contribution in [-0.4, -0.2) is 53.3 Å². The first-order chi connectivity index (χ1) is 15.6. The van der Waals surface area contributed by atoms with Crippen LogP contribution in [-0.2, 0) is 9.59 Å². The third kappa shape index (κ3) is 6.12. The van der Waals surface area contributed by atoms with Crippen molar-refractivity contribution in [3.63, 3.8) is 0 Å². The highest BCUT2D eigenvalue weighted by Gasteiger charge is 2.30. The van der Waals surface area contributed by atoms with Gasteiger partial charge in [-0.25, -0.2) is 9.97 Å². The highest BCUT2D eigenvalue weighted by Crippen LogP contribution is 2.27. The summed E-state index contributed by atoms with van der Waals surface area (Å²) in [5.41, 5.74) is 0.664. The molecule has 4 rings (SSSR count). The molecule has 2 heterocycles. The van der Waals surface area contributed by atoms with Crippen molar-refractivity contribution in [1.82, 2.24) is 15.3 Å². The van der Waals surface area contributed by atoms with Crippen molar-refractivity contribution in [1.29, 1.82) is 0 Å². The first-order valence-electron chi connectivity index (χ1n) is 11.1. The quantitative estimate of drug-likeness (QED) is 0.443. The van der Waals surface area contributed by atoms with Gasteiger partial charge in [-0.15, -0.1) is 0 Å². The van der Waals surface area contributed by atoms with E-state index in [9.17, 15) is 9.59 Å². The van der Waals surface area contributed by atoms with E-state index < -0.39 is 0 Å². The van der Waals surface area contributed by atoms with Gasteiger partial charge in [-0.1, -0.05) is 23.9 Å². The third-order valence-electron chi connectivity index (χ3n) is 5.55. The maximum absolute atomic E-state index is 12.4. The first kappa shape index (κ1) is 22.4. The van der Waals surface area contributed by atoms with Crippen LogP contribution in [0.3, 0.4) is 0 Å². The molecule has 1 aliphatic carbocycles. The Hall–Kier alpha value is -2.81. The molecule has 9 heteroatoms. The molecule has 0 spiro atoms. The van der Waals surface area contributed by atoms with Gasteiger partial charge < -0.3 is 20.3 Å². The fraction of sp³-hybridized carbons (Fsp3) is 0.478. The molecule has 1 saturated heterocycles. The molecule has 0 bridgehead atoms. The van der Waals surface area contributed by atoms with Crippen LogP contribution in [0.2, 0.25) is 0 Å². The number of aromatic nitrogens is 2. The van der Waals surface area contributed by atoms with Gasteiger partial charge in [0.05, 0.1) is 18.0 Å². The van der Waals surface area contributed by atoms with Gasteiger partial charge in [0, 0.05) is 31.1 Å². The number of nitrogens with one attached hydrogen (secondary N) is 2. The van der Waals surface area contributed by atoms with Gasteiger partial charge in [0.1, 0.15) is 22.9 Å². The molecule has 0 unspecified atom stereocenters. The van der Waals surface area contributed by atoms with Gasteiger partial charge in [0.2, 0.25) is 11.8 Å². The number of piperidine rings is 1. The van der Waals surface area contributed by atoms with Crippen LogP contribution in [0.25, 0.3) is 0 Å². The molecule has 1 aliphatic heterocycles. The van der Waals surface area contributed by atoms with E-state index in [0.717, 1.165) is 49.6 Å². The number of benzene rings is 1. The molecular weight excluding hydrogens is 426 g/mol. The smallest absolute Gasteiger partial charge is 0.234 e. The van der Waals surface area contributed by atoms with Crippen LogP contribution >= 0.6 is 11.8 Å². The fourth-order valence-corrected chi connectivity index (χ4v) is 4.34. The zero-order valence-corrected chi connectivity index (χ0v) is 19.1. The van der Waals surface area contributed by atoms with E-state index in [1.54, 1.807) is 0 Å². The number of amides is 2. The minimum atomic E-state index is -0.121. The van der Waals surface area contributed by atoms with Gasteiger partial charge in [-0.3, -0.25) is 9.59 Å². The second-order valence-electron chi connectivity index (χ2n) is 8.02. The number of hydrogen-bond acceptors (Lipinski definition) is 7.